The maximum atomic E-state index is 12.3. The quantitative estimate of drug-likeness (QED) is 0.796. The highest BCUT2D eigenvalue weighted by Gasteiger charge is 2.19. The van der Waals surface area contributed by atoms with Gasteiger partial charge in [0.1, 0.15) is 0 Å². The molecule has 0 aliphatic rings. The number of hydrogen-bond donors (Lipinski definition) is 1. The lowest BCUT2D eigenvalue weighted by atomic mass is 10.2. The summed E-state index contributed by atoms with van der Waals surface area (Å²) in [6, 6.07) is 7.10. The molecule has 1 rings (SSSR count). The molecular weight excluding hydrogens is 260 g/mol. The van der Waals surface area contributed by atoms with E-state index in [0.29, 0.717) is 11.4 Å². The van der Waals surface area contributed by atoms with Gasteiger partial charge in [-0.05, 0) is 30.7 Å². The fourth-order valence-electron chi connectivity index (χ4n) is 1.73. The molecule has 0 aromatic heterocycles. The van der Waals surface area contributed by atoms with Crippen LogP contribution in [0, 0.1) is 0 Å². The maximum absolute atomic E-state index is 12.3. The van der Waals surface area contributed by atoms with Crippen LogP contribution in [0.4, 0.5) is 0 Å². The van der Waals surface area contributed by atoms with E-state index in [1.165, 1.54) is 4.31 Å². The molecule has 1 aromatic carbocycles. The van der Waals surface area contributed by atoms with Gasteiger partial charge in [0.05, 0.1) is 4.90 Å². The number of nitrogens with zero attached hydrogens (tertiary/aromatic N) is 1. The third-order valence-corrected chi connectivity index (χ3v) is 4.91. The summed E-state index contributed by atoms with van der Waals surface area (Å²) in [5.41, 5.74) is 1.09. The van der Waals surface area contributed by atoms with E-state index in [4.69, 9.17) is 0 Å². The molecule has 0 radical (unpaired) electrons. The van der Waals surface area contributed by atoms with Crippen molar-refractivity contribution >= 4 is 10.0 Å². The van der Waals surface area contributed by atoms with Gasteiger partial charge in [-0.25, -0.2) is 12.7 Å². The highest BCUT2D eigenvalue weighted by molar-refractivity contribution is 7.89. The average molecular weight is 284 g/mol. The van der Waals surface area contributed by atoms with Crippen LogP contribution >= 0.6 is 0 Å². The van der Waals surface area contributed by atoms with Gasteiger partial charge in [-0.3, -0.25) is 0 Å². The van der Waals surface area contributed by atoms with Crippen molar-refractivity contribution < 1.29 is 8.42 Å². The Morgan fingerprint density at radius 1 is 1.16 bits per heavy atom. The molecule has 5 heteroatoms. The van der Waals surface area contributed by atoms with E-state index in [0.717, 1.165) is 31.5 Å². The third kappa shape index (κ3) is 4.60. The number of rotatable bonds is 8. The molecule has 0 heterocycles. The predicted octanol–water partition coefficient (Wildman–Crippen LogP) is 2.22. The van der Waals surface area contributed by atoms with Crippen molar-refractivity contribution in [2.75, 3.05) is 20.1 Å². The molecule has 0 aliphatic carbocycles. The number of sulfonamides is 1. The Bertz CT molecular complexity index is 469. The number of unbranched alkanes of at least 4 members (excludes halogenated alkanes) is 1. The second-order valence-corrected chi connectivity index (χ2v) is 6.65. The highest BCUT2D eigenvalue weighted by Crippen LogP contribution is 2.15. The molecule has 0 saturated heterocycles. The summed E-state index contributed by atoms with van der Waals surface area (Å²) in [6.45, 7) is 6.33. The van der Waals surface area contributed by atoms with E-state index in [2.05, 4.69) is 12.2 Å². The van der Waals surface area contributed by atoms with Crippen LogP contribution in [0.1, 0.15) is 32.3 Å². The SMILES string of the molecule is CCCCN(C)S(=O)(=O)c1ccc(CNCC)cc1. The summed E-state index contributed by atoms with van der Waals surface area (Å²) in [5.74, 6) is 0. The van der Waals surface area contributed by atoms with Crippen LogP contribution in [0.5, 0.6) is 0 Å². The molecule has 1 N–H and O–H groups in total. The summed E-state index contributed by atoms with van der Waals surface area (Å²) in [4.78, 5) is 0.367. The topological polar surface area (TPSA) is 49.4 Å². The highest BCUT2D eigenvalue weighted by atomic mass is 32.2. The zero-order chi connectivity index (χ0) is 14.3. The van der Waals surface area contributed by atoms with Crippen molar-refractivity contribution in [2.24, 2.45) is 0 Å². The molecular formula is C14H24N2O2S. The van der Waals surface area contributed by atoms with Crippen LogP contribution in [0.2, 0.25) is 0 Å². The third-order valence-electron chi connectivity index (χ3n) is 3.04. The Morgan fingerprint density at radius 2 is 1.79 bits per heavy atom. The maximum Gasteiger partial charge on any atom is 0.242 e. The second-order valence-electron chi connectivity index (χ2n) is 4.60. The second kappa shape index (κ2) is 7.62. The van der Waals surface area contributed by atoms with Gasteiger partial charge in [-0.1, -0.05) is 32.4 Å². The van der Waals surface area contributed by atoms with Gasteiger partial charge in [0.2, 0.25) is 10.0 Å². The van der Waals surface area contributed by atoms with Gasteiger partial charge in [0.25, 0.3) is 0 Å². The summed E-state index contributed by atoms with van der Waals surface area (Å²) < 4.78 is 26.0. The first-order valence-electron chi connectivity index (χ1n) is 6.78. The number of nitrogens with one attached hydrogen (secondary N) is 1. The average Bonchev–Trinajstić information content (AvgIpc) is 2.42. The van der Waals surface area contributed by atoms with Crippen LogP contribution in [0.15, 0.2) is 29.2 Å². The van der Waals surface area contributed by atoms with Crippen LogP contribution in [-0.4, -0.2) is 32.9 Å². The zero-order valence-corrected chi connectivity index (χ0v) is 12.8. The monoisotopic (exact) mass is 284 g/mol. The molecule has 1 aromatic rings. The van der Waals surface area contributed by atoms with E-state index in [1.54, 1.807) is 19.2 Å². The summed E-state index contributed by atoms with van der Waals surface area (Å²) in [7, 11) is -1.70. The lowest BCUT2D eigenvalue weighted by Crippen LogP contribution is -2.27. The van der Waals surface area contributed by atoms with Crippen molar-refractivity contribution in [3.8, 4) is 0 Å². The Morgan fingerprint density at radius 3 is 2.32 bits per heavy atom. The van der Waals surface area contributed by atoms with E-state index >= 15 is 0 Å². The van der Waals surface area contributed by atoms with Crippen molar-refractivity contribution in [2.45, 2.75) is 38.1 Å². The predicted molar refractivity (Wildman–Crippen MR) is 78.5 cm³/mol. The van der Waals surface area contributed by atoms with Crippen molar-refractivity contribution in [3.63, 3.8) is 0 Å². The molecule has 0 fully saturated rings. The Hall–Kier alpha value is -0.910. The van der Waals surface area contributed by atoms with E-state index in [1.807, 2.05) is 19.1 Å². The summed E-state index contributed by atoms with van der Waals surface area (Å²) in [5, 5.41) is 3.21. The molecule has 0 aliphatic heterocycles. The Labute approximate surface area is 116 Å². The molecule has 0 saturated carbocycles. The minimum absolute atomic E-state index is 0.367. The van der Waals surface area contributed by atoms with Gasteiger partial charge in [-0.15, -0.1) is 0 Å². The first kappa shape index (κ1) is 16.1. The van der Waals surface area contributed by atoms with E-state index in [9.17, 15) is 8.42 Å². The van der Waals surface area contributed by atoms with Crippen LogP contribution in [-0.2, 0) is 16.6 Å². The lowest BCUT2D eigenvalue weighted by Gasteiger charge is -2.17. The van der Waals surface area contributed by atoms with Crippen LogP contribution < -0.4 is 5.32 Å². The standard InChI is InChI=1S/C14H24N2O2S/c1-4-6-11-16(3)19(17,18)14-9-7-13(8-10-14)12-15-5-2/h7-10,15H,4-6,11-12H2,1-3H3. The Kier molecular flexibility index (Phi) is 6.48. The van der Waals surface area contributed by atoms with Gasteiger partial charge >= 0.3 is 0 Å². The van der Waals surface area contributed by atoms with Gasteiger partial charge in [0.15, 0.2) is 0 Å². The fraction of sp³-hybridized carbons (Fsp3) is 0.571. The summed E-state index contributed by atoms with van der Waals surface area (Å²) in [6.07, 6.45) is 1.87. The fourth-order valence-corrected chi connectivity index (χ4v) is 2.94. The van der Waals surface area contributed by atoms with E-state index < -0.39 is 10.0 Å². The van der Waals surface area contributed by atoms with Crippen LogP contribution in [0.3, 0.4) is 0 Å². The molecule has 0 atom stereocenters. The molecule has 0 unspecified atom stereocenters. The molecule has 4 nitrogen and oxygen atoms in total. The van der Waals surface area contributed by atoms with Crippen LogP contribution in [0.25, 0.3) is 0 Å². The van der Waals surface area contributed by atoms with Crippen molar-refractivity contribution in [3.05, 3.63) is 29.8 Å². The van der Waals surface area contributed by atoms with Gasteiger partial charge in [0, 0.05) is 20.1 Å². The minimum atomic E-state index is -3.34. The molecule has 0 spiro atoms. The molecule has 19 heavy (non-hydrogen) atoms. The largest absolute Gasteiger partial charge is 0.313 e. The first-order valence-corrected chi connectivity index (χ1v) is 8.22. The van der Waals surface area contributed by atoms with Crippen molar-refractivity contribution in [1.29, 1.82) is 0 Å². The van der Waals surface area contributed by atoms with Gasteiger partial charge in [-0.2, -0.15) is 0 Å². The minimum Gasteiger partial charge on any atom is -0.313 e. The Balaban J connectivity index is 2.78. The summed E-state index contributed by atoms with van der Waals surface area (Å²) >= 11 is 0. The zero-order valence-electron chi connectivity index (χ0n) is 12.0. The number of benzene rings is 1. The normalized spacial score (nSPS) is 12.0. The lowest BCUT2D eigenvalue weighted by molar-refractivity contribution is 0.459. The molecule has 108 valence electrons. The smallest absolute Gasteiger partial charge is 0.242 e. The van der Waals surface area contributed by atoms with Gasteiger partial charge < -0.3 is 5.32 Å². The molecule has 0 bridgehead atoms. The van der Waals surface area contributed by atoms with E-state index in [-0.39, 0.29) is 0 Å². The number of hydrogen-bond acceptors (Lipinski definition) is 3. The molecule has 0 amide bonds. The van der Waals surface area contributed by atoms with Crippen molar-refractivity contribution in [1.82, 2.24) is 9.62 Å². The first-order chi connectivity index (χ1) is 9.02.